The lowest BCUT2D eigenvalue weighted by molar-refractivity contribution is 0.0931. The van der Waals surface area contributed by atoms with Crippen LogP contribution in [0.2, 0.25) is 0 Å². The molecule has 1 aliphatic heterocycles. The quantitative estimate of drug-likeness (QED) is 0.892. The molecule has 0 radical (unpaired) electrons. The van der Waals surface area contributed by atoms with Crippen LogP contribution in [0.3, 0.4) is 0 Å². The van der Waals surface area contributed by atoms with E-state index in [4.69, 9.17) is 0 Å². The van der Waals surface area contributed by atoms with Crippen LogP contribution < -0.4 is 5.32 Å². The maximum Gasteiger partial charge on any atom is 0.254 e. The van der Waals surface area contributed by atoms with Crippen molar-refractivity contribution in [1.29, 1.82) is 0 Å². The van der Waals surface area contributed by atoms with Gasteiger partial charge in [0.2, 0.25) is 0 Å². The van der Waals surface area contributed by atoms with Crippen molar-refractivity contribution in [2.24, 2.45) is 5.92 Å². The van der Waals surface area contributed by atoms with Crippen LogP contribution in [0.4, 0.5) is 8.78 Å². The average Bonchev–Trinajstić information content (AvgIpc) is 3.07. The fourth-order valence-corrected chi connectivity index (χ4v) is 3.72. The van der Waals surface area contributed by atoms with Crippen molar-refractivity contribution in [3.05, 3.63) is 57.8 Å². The summed E-state index contributed by atoms with van der Waals surface area (Å²) in [6.45, 7) is 3.52. The van der Waals surface area contributed by atoms with Gasteiger partial charge in [0.1, 0.15) is 11.6 Å². The zero-order valence-corrected chi connectivity index (χ0v) is 14.1. The van der Waals surface area contributed by atoms with Crippen molar-refractivity contribution in [3.63, 3.8) is 0 Å². The highest BCUT2D eigenvalue weighted by molar-refractivity contribution is 7.09. The van der Waals surface area contributed by atoms with Gasteiger partial charge in [0, 0.05) is 24.0 Å². The Balaban J connectivity index is 1.44. The Morgan fingerprint density at radius 1 is 1.25 bits per heavy atom. The molecule has 3 nitrogen and oxygen atoms in total. The summed E-state index contributed by atoms with van der Waals surface area (Å²) < 4.78 is 26.5. The number of thiophene rings is 1. The molecule has 0 bridgehead atoms. The predicted molar refractivity (Wildman–Crippen MR) is 91.0 cm³/mol. The number of amides is 1. The average molecular weight is 350 g/mol. The summed E-state index contributed by atoms with van der Waals surface area (Å²) in [5.74, 6) is -1.58. The molecular weight excluding hydrogens is 330 g/mol. The van der Waals surface area contributed by atoms with E-state index in [1.807, 2.05) is 0 Å². The molecule has 1 saturated heterocycles. The van der Waals surface area contributed by atoms with Gasteiger partial charge in [0.05, 0.1) is 5.56 Å². The van der Waals surface area contributed by atoms with Crippen molar-refractivity contribution in [2.75, 3.05) is 19.6 Å². The van der Waals surface area contributed by atoms with E-state index in [9.17, 15) is 13.6 Å². The van der Waals surface area contributed by atoms with Crippen LogP contribution in [-0.4, -0.2) is 30.4 Å². The smallest absolute Gasteiger partial charge is 0.254 e. The topological polar surface area (TPSA) is 32.3 Å². The molecule has 6 heteroatoms. The van der Waals surface area contributed by atoms with E-state index in [-0.39, 0.29) is 5.56 Å². The number of rotatable bonds is 5. The molecule has 1 N–H and O–H groups in total. The van der Waals surface area contributed by atoms with Gasteiger partial charge in [-0.2, -0.15) is 0 Å². The van der Waals surface area contributed by atoms with Crippen molar-refractivity contribution < 1.29 is 13.6 Å². The lowest BCUT2D eigenvalue weighted by Gasteiger charge is -2.31. The Bertz CT molecular complexity index is 682. The number of nitrogens with zero attached hydrogens (tertiary/aromatic N) is 1. The van der Waals surface area contributed by atoms with Gasteiger partial charge in [-0.25, -0.2) is 8.78 Å². The number of carbonyl (C=O) groups is 1. The minimum Gasteiger partial charge on any atom is -0.352 e. The Morgan fingerprint density at radius 2 is 2.04 bits per heavy atom. The SMILES string of the molecule is O=C(NCC1CCN(Cc2cccs2)CC1)c1ccc(F)cc1F. The summed E-state index contributed by atoms with van der Waals surface area (Å²) in [5, 5.41) is 4.86. The molecule has 1 aromatic heterocycles. The van der Waals surface area contributed by atoms with Crippen LogP contribution in [-0.2, 0) is 6.54 Å². The largest absolute Gasteiger partial charge is 0.352 e. The molecule has 0 atom stereocenters. The number of benzene rings is 1. The number of nitrogens with one attached hydrogen (secondary N) is 1. The van der Waals surface area contributed by atoms with Crippen LogP contribution >= 0.6 is 11.3 Å². The van der Waals surface area contributed by atoms with Gasteiger partial charge >= 0.3 is 0 Å². The molecule has 3 rings (SSSR count). The van der Waals surface area contributed by atoms with Crippen LogP contribution in [0.1, 0.15) is 28.1 Å². The summed E-state index contributed by atoms with van der Waals surface area (Å²) in [6.07, 6.45) is 2.02. The van der Waals surface area contributed by atoms with E-state index in [2.05, 4.69) is 27.7 Å². The monoisotopic (exact) mass is 350 g/mol. The Labute approximate surface area is 144 Å². The highest BCUT2D eigenvalue weighted by Crippen LogP contribution is 2.20. The third-order valence-electron chi connectivity index (χ3n) is 4.39. The van der Waals surface area contributed by atoms with Gasteiger partial charge in [0.15, 0.2) is 0 Å². The number of halogens is 2. The number of hydrogen-bond donors (Lipinski definition) is 1. The van der Waals surface area contributed by atoms with E-state index in [1.54, 1.807) is 11.3 Å². The molecule has 1 fully saturated rings. The maximum absolute atomic E-state index is 13.6. The molecule has 0 unspecified atom stereocenters. The molecule has 0 saturated carbocycles. The lowest BCUT2D eigenvalue weighted by atomic mass is 9.96. The van der Waals surface area contributed by atoms with Crippen LogP contribution in [0.15, 0.2) is 35.7 Å². The number of hydrogen-bond acceptors (Lipinski definition) is 3. The Hall–Kier alpha value is -1.79. The van der Waals surface area contributed by atoms with Crippen molar-refractivity contribution in [1.82, 2.24) is 10.2 Å². The first kappa shape index (κ1) is 17.0. The van der Waals surface area contributed by atoms with Crippen molar-refractivity contribution in [2.45, 2.75) is 19.4 Å². The zero-order valence-electron chi connectivity index (χ0n) is 13.3. The van der Waals surface area contributed by atoms with Gasteiger partial charge < -0.3 is 5.32 Å². The van der Waals surface area contributed by atoms with E-state index in [1.165, 1.54) is 10.9 Å². The van der Waals surface area contributed by atoms with Gasteiger partial charge in [-0.05, 0) is 55.4 Å². The van der Waals surface area contributed by atoms with Gasteiger partial charge in [0.25, 0.3) is 5.91 Å². The molecule has 128 valence electrons. The van der Waals surface area contributed by atoms with E-state index < -0.39 is 17.5 Å². The fraction of sp³-hybridized carbons (Fsp3) is 0.389. The second kappa shape index (κ2) is 7.85. The van der Waals surface area contributed by atoms with Crippen molar-refractivity contribution >= 4 is 17.2 Å². The minimum absolute atomic E-state index is 0.105. The maximum atomic E-state index is 13.6. The predicted octanol–water partition coefficient (Wildman–Crippen LogP) is 3.67. The van der Waals surface area contributed by atoms with Crippen LogP contribution in [0.25, 0.3) is 0 Å². The van der Waals surface area contributed by atoms with Crippen LogP contribution in [0, 0.1) is 17.6 Å². The number of carbonyl (C=O) groups excluding carboxylic acids is 1. The molecule has 1 amide bonds. The first-order chi connectivity index (χ1) is 11.6. The number of likely N-dealkylation sites (tertiary alicyclic amines) is 1. The molecular formula is C18H20F2N2OS. The van der Waals surface area contributed by atoms with Gasteiger partial charge in [-0.15, -0.1) is 11.3 Å². The first-order valence-corrected chi connectivity index (χ1v) is 8.98. The normalized spacial score (nSPS) is 16.2. The fourth-order valence-electron chi connectivity index (χ4n) is 2.98. The summed E-state index contributed by atoms with van der Waals surface area (Å²) in [7, 11) is 0. The van der Waals surface area contributed by atoms with Gasteiger partial charge in [-0.1, -0.05) is 6.07 Å². The van der Waals surface area contributed by atoms with E-state index >= 15 is 0 Å². The molecule has 2 heterocycles. The molecule has 1 aliphatic rings. The zero-order chi connectivity index (χ0) is 16.9. The van der Waals surface area contributed by atoms with Crippen molar-refractivity contribution in [3.8, 4) is 0 Å². The minimum atomic E-state index is -0.821. The summed E-state index contributed by atoms with van der Waals surface area (Å²) in [4.78, 5) is 15.8. The second-order valence-corrected chi connectivity index (χ2v) is 7.17. The summed E-state index contributed by atoms with van der Waals surface area (Å²) in [6, 6.07) is 7.23. The molecule has 2 aromatic rings. The van der Waals surface area contributed by atoms with E-state index in [0.29, 0.717) is 12.5 Å². The standard InChI is InChI=1S/C18H20F2N2OS/c19-14-3-4-16(17(20)10-14)18(23)21-11-13-5-7-22(8-6-13)12-15-2-1-9-24-15/h1-4,9-10,13H,5-8,11-12H2,(H,21,23). The highest BCUT2D eigenvalue weighted by Gasteiger charge is 2.21. The Morgan fingerprint density at radius 3 is 2.71 bits per heavy atom. The third-order valence-corrected chi connectivity index (χ3v) is 5.25. The Kier molecular flexibility index (Phi) is 5.58. The second-order valence-electron chi connectivity index (χ2n) is 6.13. The summed E-state index contributed by atoms with van der Waals surface area (Å²) >= 11 is 1.77. The highest BCUT2D eigenvalue weighted by atomic mass is 32.1. The molecule has 24 heavy (non-hydrogen) atoms. The third kappa shape index (κ3) is 4.39. The molecule has 0 aliphatic carbocycles. The lowest BCUT2D eigenvalue weighted by Crippen LogP contribution is -2.38. The summed E-state index contributed by atoms with van der Waals surface area (Å²) in [5.41, 5.74) is -0.105. The number of piperidine rings is 1. The first-order valence-electron chi connectivity index (χ1n) is 8.10. The van der Waals surface area contributed by atoms with Gasteiger partial charge in [-0.3, -0.25) is 9.69 Å². The van der Waals surface area contributed by atoms with E-state index in [0.717, 1.165) is 44.6 Å². The molecule has 0 spiro atoms. The molecule has 1 aromatic carbocycles. The van der Waals surface area contributed by atoms with Crippen LogP contribution in [0.5, 0.6) is 0 Å².